The lowest BCUT2D eigenvalue weighted by Crippen LogP contribution is -2.33. The number of hydrogen-bond acceptors (Lipinski definition) is 2. The Kier molecular flexibility index (Phi) is 4.90. The molecule has 3 heteroatoms. The van der Waals surface area contributed by atoms with Crippen LogP contribution in [0.1, 0.15) is 38.2 Å². The fraction of sp³-hybridized carbons (Fsp3) is 0.600. The number of benzene rings is 1. The van der Waals surface area contributed by atoms with Crippen LogP contribution >= 0.6 is 11.6 Å². The van der Waals surface area contributed by atoms with E-state index in [9.17, 15) is 0 Å². The van der Waals surface area contributed by atoms with Gasteiger partial charge in [-0.3, -0.25) is 0 Å². The van der Waals surface area contributed by atoms with Crippen LogP contribution in [0.25, 0.3) is 0 Å². The summed E-state index contributed by atoms with van der Waals surface area (Å²) in [4.78, 5) is 0. The van der Waals surface area contributed by atoms with Crippen molar-refractivity contribution in [1.82, 2.24) is 5.32 Å². The molecule has 0 bridgehead atoms. The molecule has 1 aliphatic heterocycles. The van der Waals surface area contributed by atoms with Crippen molar-refractivity contribution < 1.29 is 4.74 Å². The average molecular weight is 268 g/mol. The molecule has 2 rings (SSSR count). The summed E-state index contributed by atoms with van der Waals surface area (Å²) >= 11 is 6.02. The highest BCUT2D eigenvalue weighted by Crippen LogP contribution is 2.32. The molecule has 1 heterocycles. The lowest BCUT2D eigenvalue weighted by atomic mass is 9.93. The van der Waals surface area contributed by atoms with Gasteiger partial charge in [-0.15, -0.1) is 11.6 Å². The SMILES string of the molecule is CC(Cl)CC(C)NCC1CCOc2ccccc21. The van der Waals surface area contributed by atoms with Gasteiger partial charge < -0.3 is 10.1 Å². The van der Waals surface area contributed by atoms with Gasteiger partial charge in [0.05, 0.1) is 6.61 Å². The first kappa shape index (κ1) is 13.7. The maximum Gasteiger partial charge on any atom is 0.122 e. The molecule has 3 unspecified atom stereocenters. The molecule has 0 amide bonds. The third kappa shape index (κ3) is 3.63. The van der Waals surface area contributed by atoms with Gasteiger partial charge in [-0.25, -0.2) is 0 Å². The summed E-state index contributed by atoms with van der Waals surface area (Å²) in [6.45, 7) is 6.07. The van der Waals surface area contributed by atoms with E-state index in [1.54, 1.807) is 0 Å². The molecule has 1 aromatic carbocycles. The first-order valence-corrected chi connectivity index (χ1v) is 7.19. The van der Waals surface area contributed by atoms with Crippen molar-refractivity contribution >= 4 is 11.6 Å². The van der Waals surface area contributed by atoms with Gasteiger partial charge in [-0.05, 0) is 38.3 Å². The zero-order valence-electron chi connectivity index (χ0n) is 11.2. The van der Waals surface area contributed by atoms with E-state index < -0.39 is 0 Å². The van der Waals surface area contributed by atoms with Crippen LogP contribution < -0.4 is 10.1 Å². The Balaban J connectivity index is 1.91. The number of rotatable bonds is 5. The van der Waals surface area contributed by atoms with Crippen molar-refractivity contribution in [3.8, 4) is 5.75 Å². The molecule has 1 N–H and O–H groups in total. The minimum absolute atomic E-state index is 0.231. The smallest absolute Gasteiger partial charge is 0.122 e. The van der Waals surface area contributed by atoms with Gasteiger partial charge in [-0.1, -0.05) is 18.2 Å². The average Bonchev–Trinajstić information content (AvgIpc) is 2.35. The highest BCUT2D eigenvalue weighted by Gasteiger charge is 2.21. The summed E-state index contributed by atoms with van der Waals surface area (Å²) in [5, 5.41) is 3.82. The van der Waals surface area contributed by atoms with Crippen LogP contribution in [-0.2, 0) is 0 Å². The van der Waals surface area contributed by atoms with Crippen molar-refractivity contribution in [2.45, 2.75) is 44.0 Å². The zero-order chi connectivity index (χ0) is 13.0. The number of halogens is 1. The molecule has 2 nitrogen and oxygen atoms in total. The Labute approximate surface area is 115 Å². The van der Waals surface area contributed by atoms with E-state index in [0.717, 1.165) is 31.7 Å². The highest BCUT2D eigenvalue weighted by molar-refractivity contribution is 6.20. The molecule has 3 atom stereocenters. The Morgan fingerprint density at radius 2 is 2.17 bits per heavy atom. The van der Waals surface area contributed by atoms with Crippen molar-refractivity contribution in [1.29, 1.82) is 0 Å². The van der Waals surface area contributed by atoms with E-state index in [4.69, 9.17) is 16.3 Å². The van der Waals surface area contributed by atoms with Crippen LogP contribution in [0.3, 0.4) is 0 Å². The van der Waals surface area contributed by atoms with Gasteiger partial charge in [0.15, 0.2) is 0 Å². The molecule has 0 saturated carbocycles. The number of ether oxygens (including phenoxy) is 1. The van der Waals surface area contributed by atoms with Gasteiger partial charge in [0.1, 0.15) is 5.75 Å². The molecule has 0 spiro atoms. The van der Waals surface area contributed by atoms with Gasteiger partial charge in [0.25, 0.3) is 0 Å². The Hall–Kier alpha value is -0.730. The Bertz CT molecular complexity index is 381. The van der Waals surface area contributed by atoms with Crippen LogP contribution in [0, 0.1) is 0 Å². The summed E-state index contributed by atoms with van der Waals surface area (Å²) in [7, 11) is 0. The molecule has 0 aliphatic carbocycles. The van der Waals surface area contributed by atoms with Crippen molar-refractivity contribution in [2.75, 3.05) is 13.2 Å². The number of hydrogen-bond donors (Lipinski definition) is 1. The fourth-order valence-corrected chi connectivity index (χ4v) is 2.81. The quantitative estimate of drug-likeness (QED) is 0.824. The topological polar surface area (TPSA) is 21.3 Å². The van der Waals surface area contributed by atoms with E-state index in [-0.39, 0.29) is 5.38 Å². The van der Waals surface area contributed by atoms with E-state index in [1.807, 2.05) is 13.0 Å². The largest absolute Gasteiger partial charge is 0.493 e. The lowest BCUT2D eigenvalue weighted by molar-refractivity contribution is 0.262. The first-order chi connectivity index (χ1) is 8.66. The normalized spacial score (nSPS) is 21.8. The number of nitrogens with one attached hydrogen (secondary N) is 1. The predicted molar refractivity (Wildman–Crippen MR) is 76.7 cm³/mol. The standard InChI is InChI=1S/C15H22ClNO/c1-11(16)9-12(2)17-10-13-7-8-18-15-6-4-3-5-14(13)15/h3-6,11-13,17H,7-10H2,1-2H3. The monoisotopic (exact) mass is 267 g/mol. The summed E-state index contributed by atoms with van der Waals surface area (Å²) in [5.41, 5.74) is 1.34. The Morgan fingerprint density at radius 1 is 1.39 bits per heavy atom. The first-order valence-electron chi connectivity index (χ1n) is 6.76. The van der Waals surface area contributed by atoms with Crippen LogP contribution in [-0.4, -0.2) is 24.6 Å². The lowest BCUT2D eigenvalue weighted by Gasteiger charge is -2.27. The fourth-order valence-electron chi connectivity index (χ4n) is 2.54. The van der Waals surface area contributed by atoms with E-state index in [1.165, 1.54) is 5.56 Å². The van der Waals surface area contributed by atoms with E-state index in [2.05, 4.69) is 30.4 Å². The molecule has 1 aliphatic rings. The van der Waals surface area contributed by atoms with E-state index >= 15 is 0 Å². The van der Waals surface area contributed by atoms with Crippen molar-refractivity contribution in [3.63, 3.8) is 0 Å². The second kappa shape index (κ2) is 6.44. The van der Waals surface area contributed by atoms with Crippen LogP contribution in [0.15, 0.2) is 24.3 Å². The summed E-state index contributed by atoms with van der Waals surface area (Å²) in [6.07, 6.45) is 2.10. The molecular weight excluding hydrogens is 246 g/mol. The minimum atomic E-state index is 0.231. The number of para-hydroxylation sites is 1. The summed E-state index contributed by atoms with van der Waals surface area (Å²) < 4.78 is 5.68. The maximum absolute atomic E-state index is 6.02. The molecule has 0 radical (unpaired) electrons. The predicted octanol–water partition coefficient (Wildman–Crippen LogP) is 3.55. The van der Waals surface area contributed by atoms with Gasteiger partial charge in [-0.2, -0.15) is 0 Å². The Morgan fingerprint density at radius 3 is 2.94 bits per heavy atom. The van der Waals surface area contributed by atoms with Gasteiger partial charge in [0.2, 0.25) is 0 Å². The molecule has 0 aromatic heterocycles. The molecule has 1 aromatic rings. The molecule has 0 saturated heterocycles. The van der Waals surface area contributed by atoms with Crippen LogP contribution in [0.2, 0.25) is 0 Å². The second-order valence-electron chi connectivity index (χ2n) is 5.20. The van der Waals surface area contributed by atoms with E-state index in [0.29, 0.717) is 12.0 Å². The number of fused-ring (bicyclic) bond motifs is 1. The van der Waals surface area contributed by atoms with Gasteiger partial charge >= 0.3 is 0 Å². The highest BCUT2D eigenvalue weighted by atomic mass is 35.5. The zero-order valence-corrected chi connectivity index (χ0v) is 11.9. The molecule has 100 valence electrons. The van der Waals surface area contributed by atoms with Gasteiger partial charge in [0, 0.05) is 23.9 Å². The molecule has 18 heavy (non-hydrogen) atoms. The maximum atomic E-state index is 6.02. The summed E-state index contributed by atoms with van der Waals surface area (Å²) in [5.74, 6) is 1.61. The van der Waals surface area contributed by atoms with Crippen molar-refractivity contribution in [3.05, 3.63) is 29.8 Å². The van der Waals surface area contributed by atoms with Crippen LogP contribution in [0.4, 0.5) is 0 Å². The molecule has 0 fully saturated rings. The second-order valence-corrected chi connectivity index (χ2v) is 5.94. The minimum Gasteiger partial charge on any atom is -0.493 e. The summed E-state index contributed by atoms with van der Waals surface area (Å²) in [6, 6.07) is 8.83. The van der Waals surface area contributed by atoms with Crippen LogP contribution in [0.5, 0.6) is 5.75 Å². The molecular formula is C15H22ClNO. The number of alkyl halides is 1. The third-order valence-electron chi connectivity index (χ3n) is 3.47. The van der Waals surface area contributed by atoms with Crippen molar-refractivity contribution in [2.24, 2.45) is 0 Å². The third-order valence-corrected chi connectivity index (χ3v) is 3.65.